The molecule has 0 saturated carbocycles. The van der Waals surface area contributed by atoms with Crippen molar-refractivity contribution in [1.29, 1.82) is 0 Å². The number of nitrogens with zero attached hydrogens (tertiary/aromatic N) is 1. The van der Waals surface area contributed by atoms with Crippen molar-refractivity contribution in [2.24, 2.45) is 0 Å². The van der Waals surface area contributed by atoms with Gasteiger partial charge in [-0.1, -0.05) is 36.3 Å². The van der Waals surface area contributed by atoms with Crippen LogP contribution in [-0.4, -0.2) is 23.9 Å². The van der Waals surface area contributed by atoms with E-state index in [1.54, 1.807) is 5.38 Å². The molecule has 2 aromatic rings. The number of aromatic nitrogens is 1. The Morgan fingerprint density at radius 3 is 2.90 bits per heavy atom. The highest BCUT2D eigenvalue weighted by atomic mass is 32.1. The summed E-state index contributed by atoms with van der Waals surface area (Å²) in [6, 6.07) is 9.40. The van der Waals surface area contributed by atoms with E-state index < -0.39 is 6.09 Å². The predicted molar refractivity (Wildman–Crippen MR) is 79.0 cm³/mol. The first-order chi connectivity index (χ1) is 10.3. The summed E-state index contributed by atoms with van der Waals surface area (Å²) in [6.45, 7) is 0.374. The molecule has 1 N–H and O–H groups in total. The highest BCUT2D eigenvalue weighted by molar-refractivity contribution is 7.10. The SMILES string of the molecule is O=Cc1csc(C#CCNC(=O)OCc2ccccc2)n1. The van der Waals surface area contributed by atoms with Gasteiger partial charge in [-0.15, -0.1) is 11.3 Å². The molecule has 2 rings (SSSR count). The first-order valence-corrected chi connectivity index (χ1v) is 7.00. The van der Waals surface area contributed by atoms with Crippen LogP contribution in [0.2, 0.25) is 0 Å². The standard InChI is InChI=1S/C15H12N2O3S/c18-9-13-11-21-14(17-13)7-4-8-16-15(19)20-10-12-5-2-1-3-6-12/h1-3,5-6,9,11H,8,10H2,(H,16,19). The zero-order valence-corrected chi connectivity index (χ0v) is 11.9. The van der Waals surface area contributed by atoms with Gasteiger partial charge in [0.1, 0.15) is 12.3 Å². The second kappa shape index (κ2) is 7.82. The van der Waals surface area contributed by atoms with Gasteiger partial charge in [0.2, 0.25) is 0 Å². The smallest absolute Gasteiger partial charge is 0.408 e. The molecule has 0 spiro atoms. The highest BCUT2D eigenvalue weighted by Gasteiger charge is 2.00. The molecule has 0 fully saturated rings. The molecule has 106 valence electrons. The van der Waals surface area contributed by atoms with Gasteiger partial charge in [0.05, 0.1) is 6.54 Å². The number of benzene rings is 1. The van der Waals surface area contributed by atoms with E-state index in [0.717, 1.165) is 5.56 Å². The van der Waals surface area contributed by atoms with E-state index in [9.17, 15) is 9.59 Å². The van der Waals surface area contributed by atoms with Crippen molar-refractivity contribution >= 4 is 23.7 Å². The summed E-state index contributed by atoms with van der Waals surface area (Å²) in [5, 5.41) is 4.68. The summed E-state index contributed by atoms with van der Waals surface area (Å²) in [5.41, 5.74) is 1.28. The van der Waals surface area contributed by atoms with E-state index in [2.05, 4.69) is 22.1 Å². The van der Waals surface area contributed by atoms with Crippen LogP contribution in [0.3, 0.4) is 0 Å². The van der Waals surface area contributed by atoms with Crippen LogP contribution in [0.5, 0.6) is 0 Å². The first kappa shape index (κ1) is 14.8. The molecule has 0 aliphatic heterocycles. The lowest BCUT2D eigenvalue weighted by molar-refractivity contribution is 0.111. The minimum absolute atomic E-state index is 0.156. The number of carbonyl (C=O) groups excluding carboxylic acids is 2. The number of thiazole rings is 1. The fourth-order valence-corrected chi connectivity index (χ4v) is 2.04. The summed E-state index contributed by atoms with van der Waals surface area (Å²) in [5.74, 6) is 5.49. The third-order valence-corrected chi connectivity index (χ3v) is 3.15. The Bertz CT molecular complexity index is 671. The monoisotopic (exact) mass is 300 g/mol. The van der Waals surface area contributed by atoms with Crippen molar-refractivity contribution in [3.63, 3.8) is 0 Å². The minimum atomic E-state index is -0.527. The van der Waals surface area contributed by atoms with Gasteiger partial charge in [0.25, 0.3) is 0 Å². The summed E-state index contributed by atoms with van der Waals surface area (Å²) in [6.07, 6.45) is 0.141. The Hall–Kier alpha value is -2.65. The largest absolute Gasteiger partial charge is 0.445 e. The Kier molecular flexibility index (Phi) is 5.50. The van der Waals surface area contributed by atoms with Gasteiger partial charge < -0.3 is 10.1 Å². The third-order valence-electron chi connectivity index (χ3n) is 2.37. The number of alkyl carbamates (subject to hydrolysis) is 1. The molecule has 0 saturated heterocycles. The zero-order valence-electron chi connectivity index (χ0n) is 11.0. The predicted octanol–water partition coefficient (Wildman–Crippen LogP) is 2.23. The molecule has 1 heterocycles. The average Bonchev–Trinajstić information content (AvgIpc) is 2.98. The number of aldehydes is 1. The van der Waals surface area contributed by atoms with Crippen LogP contribution in [0.1, 0.15) is 21.1 Å². The number of hydrogen-bond acceptors (Lipinski definition) is 5. The van der Waals surface area contributed by atoms with Crippen LogP contribution < -0.4 is 5.32 Å². The highest BCUT2D eigenvalue weighted by Crippen LogP contribution is 2.05. The fourth-order valence-electron chi connectivity index (χ4n) is 1.41. The maximum Gasteiger partial charge on any atom is 0.408 e. The maximum absolute atomic E-state index is 11.4. The van der Waals surface area contributed by atoms with Gasteiger partial charge in [-0.2, -0.15) is 0 Å². The van der Waals surface area contributed by atoms with E-state index in [4.69, 9.17) is 4.74 Å². The molecule has 0 aliphatic carbocycles. The summed E-state index contributed by atoms with van der Waals surface area (Å²) < 4.78 is 5.02. The van der Waals surface area contributed by atoms with Gasteiger partial charge in [0, 0.05) is 5.38 Å². The fraction of sp³-hybridized carbons (Fsp3) is 0.133. The molecular weight excluding hydrogens is 288 g/mol. The number of rotatable bonds is 4. The van der Waals surface area contributed by atoms with E-state index in [1.807, 2.05) is 30.3 Å². The third kappa shape index (κ3) is 5.09. The van der Waals surface area contributed by atoms with Crippen LogP contribution in [-0.2, 0) is 11.3 Å². The Morgan fingerprint density at radius 1 is 1.38 bits per heavy atom. The van der Waals surface area contributed by atoms with E-state index in [-0.39, 0.29) is 13.2 Å². The molecule has 1 aromatic heterocycles. The number of ether oxygens (including phenoxy) is 1. The summed E-state index contributed by atoms with van der Waals surface area (Å²) >= 11 is 1.28. The van der Waals surface area contributed by atoms with Crippen molar-refractivity contribution in [2.45, 2.75) is 6.61 Å². The van der Waals surface area contributed by atoms with Gasteiger partial charge in [-0.3, -0.25) is 4.79 Å². The zero-order chi connectivity index (χ0) is 14.9. The van der Waals surface area contributed by atoms with Crippen molar-refractivity contribution in [1.82, 2.24) is 10.3 Å². The minimum Gasteiger partial charge on any atom is -0.445 e. The van der Waals surface area contributed by atoms with Crippen molar-refractivity contribution in [3.8, 4) is 11.8 Å². The molecular formula is C15H12N2O3S. The molecule has 1 amide bonds. The van der Waals surface area contributed by atoms with Gasteiger partial charge in [0.15, 0.2) is 11.3 Å². The normalized spacial score (nSPS) is 9.33. The van der Waals surface area contributed by atoms with Crippen molar-refractivity contribution < 1.29 is 14.3 Å². The van der Waals surface area contributed by atoms with Gasteiger partial charge in [-0.05, 0) is 11.5 Å². The molecule has 0 unspecified atom stereocenters. The first-order valence-electron chi connectivity index (χ1n) is 6.12. The molecule has 0 radical (unpaired) electrons. The molecule has 0 bridgehead atoms. The summed E-state index contributed by atoms with van der Waals surface area (Å²) in [7, 11) is 0. The lowest BCUT2D eigenvalue weighted by Gasteiger charge is -2.04. The van der Waals surface area contributed by atoms with Crippen molar-refractivity contribution in [2.75, 3.05) is 6.54 Å². The van der Waals surface area contributed by atoms with Gasteiger partial charge >= 0.3 is 6.09 Å². The lowest BCUT2D eigenvalue weighted by atomic mass is 10.2. The van der Waals surface area contributed by atoms with Crippen LogP contribution in [0, 0.1) is 11.8 Å². The molecule has 21 heavy (non-hydrogen) atoms. The van der Waals surface area contributed by atoms with Crippen molar-refractivity contribution in [3.05, 3.63) is 52.0 Å². The molecule has 0 atom stereocenters. The van der Waals surface area contributed by atoms with Crippen LogP contribution in [0.25, 0.3) is 0 Å². The van der Waals surface area contributed by atoms with Gasteiger partial charge in [-0.25, -0.2) is 9.78 Å². The number of hydrogen-bond donors (Lipinski definition) is 1. The Morgan fingerprint density at radius 2 is 2.19 bits per heavy atom. The van der Waals surface area contributed by atoms with Crippen LogP contribution >= 0.6 is 11.3 Å². The van der Waals surface area contributed by atoms with E-state index >= 15 is 0 Å². The maximum atomic E-state index is 11.4. The lowest BCUT2D eigenvalue weighted by Crippen LogP contribution is -2.24. The topological polar surface area (TPSA) is 68.3 Å². The molecule has 6 heteroatoms. The Labute approximate surface area is 126 Å². The number of carbonyl (C=O) groups is 2. The Balaban J connectivity index is 1.71. The molecule has 1 aromatic carbocycles. The number of amides is 1. The van der Waals surface area contributed by atoms with Crippen LogP contribution in [0.15, 0.2) is 35.7 Å². The van der Waals surface area contributed by atoms with Crippen LogP contribution in [0.4, 0.5) is 4.79 Å². The molecule has 5 nitrogen and oxygen atoms in total. The quantitative estimate of drug-likeness (QED) is 0.694. The molecule has 0 aliphatic rings. The summed E-state index contributed by atoms with van der Waals surface area (Å²) in [4.78, 5) is 25.8. The van der Waals surface area contributed by atoms with E-state index in [0.29, 0.717) is 17.0 Å². The second-order valence-electron chi connectivity index (χ2n) is 3.91. The number of nitrogens with one attached hydrogen (secondary N) is 1. The van der Waals surface area contributed by atoms with E-state index in [1.165, 1.54) is 11.3 Å². The average molecular weight is 300 g/mol. The second-order valence-corrected chi connectivity index (χ2v) is 4.77.